The molecule has 4 nitrogen and oxygen atoms in total. The van der Waals surface area contributed by atoms with Crippen molar-refractivity contribution in [2.45, 2.75) is 0 Å². The fourth-order valence-electron chi connectivity index (χ4n) is 2.33. The van der Waals surface area contributed by atoms with E-state index >= 15 is 0 Å². The smallest absolute Gasteiger partial charge is 0.185 e. The van der Waals surface area contributed by atoms with Crippen LogP contribution in [0.5, 0.6) is 5.75 Å². The van der Waals surface area contributed by atoms with Crippen molar-refractivity contribution in [1.29, 1.82) is 5.26 Å². The number of benzene rings is 2. The van der Waals surface area contributed by atoms with Crippen LogP contribution in [0.1, 0.15) is 16.1 Å². The predicted molar refractivity (Wildman–Crippen MR) is 95.0 cm³/mol. The van der Waals surface area contributed by atoms with Crippen molar-refractivity contribution in [2.24, 2.45) is 0 Å². The predicted octanol–water partition coefficient (Wildman–Crippen LogP) is 4.88. The molecule has 0 unspecified atom stereocenters. The van der Waals surface area contributed by atoms with E-state index in [0.29, 0.717) is 28.4 Å². The first kappa shape index (κ1) is 17.2. The summed E-state index contributed by atoms with van der Waals surface area (Å²) in [7, 11) is 0. The highest BCUT2D eigenvalue weighted by Gasteiger charge is 2.08. The third kappa shape index (κ3) is 4.05. The van der Waals surface area contributed by atoms with Gasteiger partial charge in [-0.25, -0.2) is 4.39 Å². The number of hydrogen-bond acceptors (Lipinski definition) is 4. The fourth-order valence-corrected chi connectivity index (χ4v) is 2.33. The average Bonchev–Trinajstić information content (AvgIpc) is 3.14. The molecule has 0 N–H and O–H groups in total. The van der Waals surface area contributed by atoms with Gasteiger partial charge in [0.05, 0.1) is 5.56 Å². The Labute approximate surface area is 149 Å². The Bertz CT molecular complexity index is 981. The highest BCUT2D eigenvalue weighted by atomic mass is 19.1. The second kappa shape index (κ2) is 7.95. The summed E-state index contributed by atoms with van der Waals surface area (Å²) in [5.74, 6) is 0.792. The Morgan fingerprint density at radius 1 is 1.12 bits per heavy atom. The second-order valence-corrected chi connectivity index (χ2v) is 5.35. The second-order valence-electron chi connectivity index (χ2n) is 5.35. The summed E-state index contributed by atoms with van der Waals surface area (Å²) in [6.45, 7) is -0.0456. The molecule has 0 aliphatic carbocycles. The van der Waals surface area contributed by atoms with E-state index in [4.69, 9.17) is 14.4 Å². The van der Waals surface area contributed by atoms with E-state index in [9.17, 15) is 9.18 Å². The summed E-state index contributed by atoms with van der Waals surface area (Å²) >= 11 is 0. The van der Waals surface area contributed by atoms with Gasteiger partial charge in [-0.05, 0) is 60.7 Å². The van der Waals surface area contributed by atoms with Gasteiger partial charge in [0.15, 0.2) is 12.4 Å². The molecule has 0 amide bonds. The fraction of sp³-hybridized carbons (Fsp3) is 0.0476. The first-order valence-electron chi connectivity index (χ1n) is 7.84. The molecule has 0 aliphatic heterocycles. The van der Waals surface area contributed by atoms with Gasteiger partial charge in [-0.3, -0.25) is 4.79 Å². The van der Waals surface area contributed by atoms with Crippen LogP contribution in [-0.4, -0.2) is 12.4 Å². The lowest BCUT2D eigenvalue weighted by Crippen LogP contribution is -1.96. The molecule has 1 heterocycles. The number of halogens is 1. The molecule has 0 fully saturated rings. The van der Waals surface area contributed by atoms with Gasteiger partial charge in [-0.15, -0.1) is 0 Å². The van der Waals surface area contributed by atoms with Crippen LogP contribution in [0.2, 0.25) is 0 Å². The van der Waals surface area contributed by atoms with Crippen molar-refractivity contribution in [3.05, 3.63) is 83.9 Å². The Morgan fingerprint density at radius 3 is 2.62 bits per heavy atom. The van der Waals surface area contributed by atoms with Crippen LogP contribution >= 0.6 is 0 Å². The number of rotatable bonds is 6. The van der Waals surface area contributed by atoms with Gasteiger partial charge in [0.2, 0.25) is 0 Å². The molecule has 1 aromatic heterocycles. The van der Waals surface area contributed by atoms with Gasteiger partial charge >= 0.3 is 0 Å². The minimum Gasteiger partial charge on any atom is -0.479 e. The molecule has 26 heavy (non-hydrogen) atoms. The number of carbonyl (C=O) groups excluding carboxylic acids is 1. The van der Waals surface area contributed by atoms with Crippen LogP contribution in [0, 0.1) is 17.1 Å². The summed E-state index contributed by atoms with van der Waals surface area (Å²) in [6, 6.07) is 18.0. The normalized spacial score (nSPS) is 10.6. The van der Waals surface area contributed by atoms with Gasteiger partial charge in [-0.1, -0.05) is 12.1 Å². The summed E-state index contributed by atoms with van der Waals surface area (Å²) < 4.78 is 24.5. The summed E-state index contributed by atoms with van der Waals surface area (Å²) in [4.78, 5) is 12.2. The maximum Gasteiger partial charge on any atom is 0.185 e. The molecule has 0 radical (unpaired) electrons. The Hall–Kier alpha value is -3.65. The van der Waals surface area contributed by atoms with Crippen LogP contribution in [0.3, 0.4) is 0 Å². The number of hydrogen-bond donors (Lipinski definition) is 0. The van der Waals surface area contributed by atoms with Crippen molar-refractivity contribution in [2.75, 3.05) is 6.61 Å². The largest absolute Gasteiger partial charge is 0.479 e. The molecular formula is C21H14FNO3. The zero-order chi connectivity index (χ0) is 18.4. The first-order valence-corrected chi connectivity index (χ1v) is 7.84. The molecular weight excluding hydrogens is 333 g/mol. The lowest BCUT2D eigenvalue weighted by atomic mass is 10.1. The molecule has 0 atom stereocenters. The minimum absolute atomic E-state index is 0.0456. The zero-order valence-corrected chi connectivity index (χ0v) is 13.7. The molecule has 0 saturated heterocycles. The van der Waals surface area contributed by atoms with E-state index in [1.54, 1.807) is 54.6 Å². The molecule has 0 saturated carbocycles. The molecule has 3 aromatic rings. The number of ketones is 1. The maximum atomic E-state index is 13.8. The summed E-state index contributed by atoms with van der Waals surface area (Å²) in [5, 5.41) is 8.47. The van der Waals surface area contributed by atoms with Crippen LogP contribution in [0.25, 0.3) is 17.4 Å². The number of carbonyl (C=O) groups is 1. The highest BCUT2D eigenvalue weighted by Crippen LogP contribution is 2.25. The maximum absolute atomic E-state index is 13.8. The summed E-state index contributed by atoms with van der Waals surface area (Å²) in [5.41, 5.74) is 0.845. The Kier molecular flexibility index (Phi) is 5.25. The third-order valence-corrected chi connectivity index (χ3v) is 3.61. The van der Waals surface area contributed by atoms with Gasteiger partial charge in [0.25, 0.3) is 0 Å². The number of nitrogens with zero attached hydrogens (tertiary/aromatic N) is 1. The molecule has 0 bridgehead atoms. The average molecular weight is 347 g/mol. The van der Waals surface area contributed by atoms with Gasteiger partial charge in [0.1, 0.15) is 29.2 Å². The molecule has 0 spiro atoms. The number of allylic oxidation sites excluding steroid dienone is 1. The van der Waals surface area contributed by atoms with Gasteiger partial charge in [0, 0.05) is 5.56 Å². The SMILES string of the molecule is N#CCOc1ccc(C(=O)/C=C/c2ccc(-c3ccccc3F)o2)cc1. The molecule has 3 rings (SSSR count). The van der Waals surface area contributed by atoms with Crippen molar-refractivity contribution >= 4 is 11.9 Å². The number of nitriles is 1. The van der Waals surface area contributed by atoms with E-state index in [0.717, 1.165) is 0 Å². The molecule has 5 heteroatoms. The van der Waals surface area contributed by atoms with Crippen LogP contribution in [-0.2, 0) is 0 Å². The highest BCUT2D eigenvalue weighted by molar-refractivity contribution is 6.06. The topological polar surface area (TPSA) is 63.2 Å². The van der Waals surface area contributed by atoms with Crippen molar-refractivity contribution in [3.8, 4) is 23.1 Å². The van der Waals surface area contributed by atoms with Crippen LogP contribution < -0.4 is 4.74 Å². The van der Waals surface area contributed by atoms with Crippen molar-refractivity contribution < 1.29 is 18.3 Å². The van der Waals surface area contributed by atoms with E-state index in [-0.39, 0.29) is 18.2 Å². The third-order valence-electron chi connectivity index (χ3n) is 3.61. The Morgan fingerprint density at radius 2 is 1.88 bits per heavy atom. The van der Waals surface area contributed by atoms with Gasteiger partial charge in [-0.2, -0.15) is 5.26 Å². The van der Waals surface area contributed by atoms with E-state index in [1.807, 2.05) is 6.07 Å². The first-order chi connectivity index (χ1) is 12.7. The summed E-state index contributed by atoms with van der Waals surface area (Å²) in [6.07, 6.45) is 2.92. The van der Waals surface area contributed by atoms with Crippen molar-refractivity contribution in [3.63, 3.8) is 0 Å². The molecule has 0 aliphatic rings. The Balaban J connectivity index is 1.69. The van der Waals surface area contributed by atoms with Crippen LogP contribution in [0.15, 0.2) is 71.2 Å². The molecule has 128 valence electrons. The van der Waals surface area contributed by atoms with Crippen LogP contribution in [0.4, 0.5) is 4.39 Å². The lowest BCUT2D eigenvalue weighted by Gasteiger charge is -2.01. The zero-order valence-electron chi connectivity index (χ0n) is 13.7. The van der Waals surface area contributed by atoms with E-state index in [1.165, 1.54) is 18.2 Å². The van der Waals surface area contributed by atoms with E-state index < -0.39 is 0 Å². The monoisotopic (exact) mass is 347 g/mol. The van der Waals surface area contributed by atoms with E-state index in [2.05, 4.69) is 0 Å². The number of furan rings is 1. The van der Waals surface area contributed by atoms with Gasteiger partial charge < -0.3 is 9.15 Å². The minimum atomic E-state index is -0.368. The standard InChI is InChI=1S/C21H14FNO3/c22-19-4-2-1-3-18(19)21-12-10-17(26-21)9-11-20(24)15-5-7-16(8-6-15)25-14-13-23/h1-12H,14H2/b11-9+. The lowest BCUT2D eigenvalue weighted by molar-refractivity contribution is 0.104. The van der Waals surface area contributed by atoms with Crippen molar-refractivity contribution in [1.82, 2.24) is 0 Å². The number of ether oxygens (including phenoxy) is 1. The molecule has 2 aromatic carbocycles. The quantitative estimate of drug-likeness (QED) is 0.471.